The molecule has 3 heterocycles. The Morgan fingerprint density at radius 2 is 1.90 bits per heavy atom. The molecule has 50 heavy (non-hydrogen) atoms. The van der Waals surface area contributed by atoms with Gasteiger partial charge in [-0.2, -0.15) is 0 Å². The number of anilines is 1. The molecule has 3 amide bonds. The van der Waals surface area contributed by atoms with Crippen LogP contribution in [0.4, 0.5) is 5.69 Å². The van der Waals surface area contributed by atoms with Gasteiger partial charge in [0.1, 0.15) is 17.7 Å². The van der Waals surface area contributed by atoms with Crippen LogP contribution in [0.2, 0.25) is 5.02 Å². The van der Waals surface area contributed by atoms with Crippen molar-refractivity contribution in [2.75, 3.05) is 24.6 Å². The van der Waals surface area contributed by atoms with Crippen molar-refractivity contribution in [2.45, 2.75) is 82.8 Å². The quantitative estimate of drug-likeness (QED) is 0.179. The fourth-order valence-electron chi connectivity index (χ4n) is 8.03. The third-order valence-electron chi connectivity index (χ3n) is 10.1. The third-order valence-corrected chi connectivity index (χ3v) is 10.4. The molecule has 3 saturated heterocycles. The standard InChI is InChI=1S/C39H48ClN3O7/c1-6-8-17-31(45)41-22-30(26-14-10-9-11-15-26)49-38(48)32-29-18-19-39(50-29)33(32)36(46)43(27(23-44)21-24(3)4)35(39)37(47)42(20-7-2)34-25(5)13-12-16-28(34)40/h6-7,9-16,24,27,29-30,32-33,35,44H,1-2,8,17-23H2,3-5H3,(H,41,45)/t27-,29+,30+,32-,33-,35+,39-/m1/s1. The van der Waals surface area contributed by atoms with Gasteiger partial charge in [-0.1, -0.05) is 80.1 Å². The number of halogens is 1. The second kappa shape index (κ2) is 15.9. The minimum Gasteiger partial charge on any atom is -0.455 e. The zero-order valence-corrected chi connectivity index (χ0v) is 29.8. The van der Waals surface area contributed by atoms with Crippen molar-refractivity contribution < 1.29 is 33.8 Å². The predicted octanol–water partition coefficient (Wildman–Crippen LogP) is 5.32. The lowest BCUT2D eigenvalue weighted by Gasteiger charge is -2.40. The number of nitrogens with one attached hydrogen (secondary N) is 1. The van der Waals surface area contributed by atoms with Gasteiger partial charge in [0, 0.05) is 13.0 Å². The fraction of sp³-hybridized carbons (Fsp3) is 0.487. The first-order valence-electron chi connectivity index (χ1n) is 17.4. The summed E-state index contributed by atoms with van der Waals surface area (Å²) in [7, 11) is 0. The van der Waals surface area contributed by atoms with Crippen molar-refractivity contribution in [3.05, 3.63) is 90.0 Å². The molecule has 10 nitrogen and oxygen atoms in total. The van der Waals surface area contributed by atoms with Gasteiger partial charge in [-0.3, -0.25) is 19.2 Å². The van der Waals surface area contributed by atoms with Gasteiger partial charge in [0.25, 0.3) is 5.91 Å². The number of esters is 1. The van der Waals surface area contributed by atoms with Crippen molar-refractivity contribution in [1.29, 1.82) is 0 Å². The number of aryl methyl sites for hydroxylation is 1. The molecule has 2 aromatic rings. The monoisotopic (exact) mass is 705 g/mol. The Hall–Kier alpha value is -3.99. The number of nitrogens with zero attached hydrogens (tertiary/aromatic N) is 2. The van der Waals surface area contributed by atoms with E-state index in [1.807, 2.05) is 57.2 Å². The summed E-state index contributed by atoms with van der Waals surface area (Å²) in [5, 5.41) is 13.9. The summed E-state index contributed by atoms with van der Waals surface area (Å²) in [6.07, 6.45) is 3.79. The first-order valence-corrected chi connectivity index (χ1v) is 17.8. The van der Waals surface area contributed by atoms with Crippen LogP contribution in [0.5, 0.6) is 0 Å². The van der Waals surface area contributed by atoms with Gasteiger partial charge in [0.15, 0.2) is 0 Å². The molecule has 0 aromatic heterocycles. The normalized spacial score (nSPS) is 24.8. The van der Waals surface area contributed by atoms with E-state index in [-0.39, 0.29) is 37.9 Å². The maximum absolute atomic E-state index is 15.0. The minimum absolute atomic E-state index is 0.0373. The SMILES string of the molecule is C=CCCC(=O)NC[C@H](OC(=O)[C@@H]1[C@@H]2CC[C@]3(O2)[C@H](C(=O)N(CC=C)c2c(C)cccc2Cl)N([C@@H](CO)CC(C)C)C(=O)[C@@H]13)c1ccccc1. The number of ether oxygens (including phenoxy) is 2. The van der Waals surface area contributed by atoms with Crippen LogP contribution < -0.4 is 10.2 Å². The number of allylic oxidation sites excluding steroid dienone is 1. The van der Waals surface area contributed by atoms with Crippen molar-refractivity contribution in [1.82, 2.24) is 10.2 Å². The maximum atomic E-state index is 15.0. The highest BCUT2D eigenvalue weighted by Crippen LogP contribution is 2.59. The van der Waals surface area contributed by atoms with Crippen LogP contribution in [0.25, 0.3) is 0 Å². The maximum Gasteiger partial charge on any atom is 0.313 e. The van der Waals surface area contributed by atoms with Crippen LogP contribution in [0, 0.1) is 24.7 Å². The molecule has 3 aliphatic rings. The second-order valence-corrected chi connectivity index (χ2v) is 14.3. The van der Waals surface area contributed by atoms with Crippen molar-refractivity contribution in [3.63, 3.8) is 0 Å². The van der Waals surface area contributed by atoms with E-state index < -0.39 is 59.5 Å². The van der Waals surface area contributed by atoms with Crippen LogP contribution in [0.1, 0.15) is 63.2 Å². The predicted molar refractivity (Wildman–Crippen MR) is 191 cm³/mol. The molecule has 268 valence electrons. The highest BCUT2D eigenvalue weighted by atomic mass is 35.5. The molecule has 1 spiro atoms. The largest absolute Gasteiger partial charge is 0.455 e. The van der Waals surface area contributed by atoms with E-state index in [0.29, 0.717) is 42.0 Å². The van der Waals surface area contributed by atoms with Gasteiger partial charge in [-0.25, -0.2) is 0 Å². The molecule has 0 unspecified atom stereocenters. The number of aliphatic hydroxyl groups excluding tert-OH is 1. The first-order chi connectivity index (χ1) is 24.0. The molecule has 5 rings (SSSR count). The number of carbonyl (C=O) groups is 4. The highest BCUT2D eigenvalue weighted by molar-refractivity contribution is 6.34. The Balaban J connectivity index is 1.52. The average molecular weight is 706 g/mol. The van der Waals surface area contributed by atoms with Crippen LogP contribution in [0.15, 0.2) is 73.8 Å². The van der Waals surface area contributed by atoms with Crippen LogP contribution in [0.3, 0.4) is 0 Å². The molecule has 0 radical (unpaired) electrons. The van der Waals surface area contributed by atoms with Gasteiger partial charge in [-0.05, 0) is 55.7 Å². The second-order valence-electron chi connectivity index (χ2n) is 13.9. The Kier molecular flexibility index (Phi) is 11.9. The number of hydrogen-bond acceptors (Lipinski definition) is 7. The molecule has 0 aliphatic carbocycles. The van der Waals surface area contributed by atoms with E-state index in [4.69, 9.17) is 21.1 Å². The first kappa shape index (κ1) is 37.3. The van der Waals surface area contributed by atoms with Gasteiger partial charge in [0.2, 0.25) is 11.8 Å². The number of amides is 3. The number of fused-ring (bicyclic) bond motifs is 1. The number of hydrogen-bond donors (Lipinski definition) is 2. The summed E-state index contributed by atoms with van der Waals surface area (Å²) in [4.78, 5) is 59.5. The van der Waals surface area contributed by atoms with Gasteiger partial charge in [0.05, 0.1) is 47.8 Å². The molecule has 3 fully saturated rings. The number of likely N-dealkylation sites (tertiary alicyclic amines) is 1. The fourth-order valence-corrected chi connectivity index (χ4v) is 8.35. The zero-order chi connectivity index (χ0) is 36.2. The summed E-state index contributed by atoms with van der Waals surface area (Å²) in [5.74, 6) is -3.59. The Morgan fingerprint density at radius 3 is 2.54 bits per heavy atom. The molecule has 2 aromatic carbocycles. The summed E-state index contributed by atoms with van der Waals surface area (Å²) >= 11 is 6.68. The molecule has 11 heteroatoms. The Morgan fingerprint density at radius 1 is 1.16 bits per heavy atom. The van der Waals surface area contributed by atoms with Crippen LogP contribution in [-0.4, -0.2) is 77.2 Å². The van der Waals surface area contributed by atoms with Gasteiger partial charge >= 0.3 is 5.97 Å². The van der Waals surface area contributed by atoms with E-state index in [1.165, 1.54) is 9.80 Å². The number of rotatable bonds is 16. The summed E-state index contributed by atoms with van der Waals surface area (Å²) in [6.45, 7) is 13.1. The highest BCUT2D eigenvalue weighted by Gasteiger charge is 2.75. The van der Waals surface area contributed by atoms with E-state index in [2.05, 4.69) is 18.5 Å². The number of para-hydroxylation sites is 1. The third kappa shape index (κ3) is 7.11. The van der Waals surface area contributed by atoms with Gasteiger partial charge in [-0.15, -0.1) is 13.2 Å². The van der Waals surface area contributed by atoms with Gasteiger partial charge < -0.3 is 29.7 Å². The number of benzene rings is 2. The van der Waals surface area contributed by atoms with Crippen molar-refractivity contribution in [2.24, 2.45) is 17.8 Å². The van der Waals surface area contributed by atoms with Crippen molar-refractivity contribution >= 4 is 41.0 Å². The Bertz CT molecular complexity index is 1580. The van der Waals surface area contributed by atoms with E-state index in [9.17, 15) is 24.3 Å². The summed E-state index contributed by atoms with van der Waals surface area (Å²) < 4.78 is 12.8. The smallest absolute Gasteiger partial charge is 0.313 e. The summed E-state index contributed by atoms with van der Waals surface area (Å²) in [6, 6.07) is 12.6. The molecule has 7 atom stereocenters. The van der Waals surface area contributed by atoms with E-state index >= 15 is 0 Å². The Labute approximate surface area is 299 Å². The summed E-state index contributed by atoms with van der Waals surface area (Å²) in [5.41, 5.74) is 0.617. The van der Waals surface area contributed by atoms with Crippen molar-refractivity contribution in [3.8, 4) is 0 Å². The van der Waals surface area contributed by atoms with E-state index in [0.717, 1.165) is 5.56 Å². The topological polar surface area (TPSA) is 125 Å². The molecule has 3 aliphatic heterocycles. The van der Waals surface area contributed by atoms with E-state index in [1.54, 1.807) is 24.3 Å². The van der Waals surface area contributed by atoms with Crippen LogP contribution in [-0.2, 0) is 28.7 Å². The molecular formula is C39H48ClN3O7. The average Bonchev–Trinajstić information content (AvgIpc) is 3.74. The molecular weight excluding hydrogens is 658 g/mol. The number of carbonyl (C=O) groups excluding carboxylic acids is 4. The number of aliphatic hydroxyl groups is 1. The minimum atomic E-state index is -1.33. The lowest BCUT2D eigenvalue weighted by Crippen LogP contribution is -2.59. The lowest BCUT2D eigenvalue weighted by molar-refractivity contribution is -0.161. The molecule has 2 N–H and O–H groups in total. The molecule has 0 saturated carbocycles. The molecule has 2 bridgehead atoms. The van der Waals surface area contributed by atoms with Crippen LogP contribution >= 0.6 is 11.6 Å². The zero-order valence-electron chi connectivity index (χ0n) is 29.1. The lowest BCUT2D eigenvalue weighted by atomic mass is 9.70.